The summed E-state index contributed by atoms with van der Waals surface area (Å²) in [4.78, 5) is 0. The van der Waals surface area contributed by atoms with E-state index in [1.165, 1.54) is 16.3 Å². The van der Waals surface area contributed by atoms with Crippen LogP contribution in [0.3, 0.4) is 0 Å². The van der Waals surface area contributed by atoms with Crippen LogP contribution < -0.4 is 0 Å². The van der Waals surface area contributed by atoms with Crippen LogP contribution in [0.25, 0.3) is 21.9 Å². The van der Waals surface area contributed by atoms with Crippen molar-refractivity contribution < 1.29 is 5.11 Å². The summed E-state index contributed by atoms with van der Waals surface area (Å²) in [7, 11) is 0. The Hall–Kier alpha value is -2.12. The lowest BCUT2D eigenvalue weighted by Gasteiger charge is -2.33. The van der Waals surface area contributed by atoms with Gasteiger partial charge >= 0.3 is 0 Å². The molecular weight excluding hydrogens is 232 g/mol. The molecule has 4 rings (SSSR count). The zero-order chi connectivity index (χ0) is 13.0. The molecule has 1 atom stereocenters. The Bertz CT molecular complexity index is 794. The molecule has 1 nitrogen and oxygen atoms in total. The molecule has 0 saturated carbocycles. The fourth-order valence-electron chi connectivity index (χ4n) is 3.26. The summed E-state index contributed by atoms with van der Waals surface area (Å²) in [6, 6.07) is 20.6. The average molecular weight is 246 g/mol. The summed E-state index contributed by atoms with van der Waals surface area (Å²) >= 11 is 0. The van der Waals surface area contributed by atoms with Crippen molar-refractivity contribution in [2.45, 2.75) is 12.5 Å². The molecule has 0 radical (unpaired) electrons. The Balaban J connectivity index is 2.28. The molecule has 1 unspecified atom stereocenters. The maximum atomic E-state index is 11.0. The highest BCUT2D eigenvalue weighted by Crippen LogP contribution is 2.46. The van der Waals surface area contributed by atoms with Gasteiger partial charge < -0.3 is 5.11 Å². The van der Waals surface area contributed by atoms with Crippen LogP contribution in [0.1, 0.15) is 18.1 Å². The summed E-state index contributed by atoms with van der Waals surface area (Å²) in [5.74, 6) is 0. The van der Waals surface area contributed by atoms with Crippen LogP contribution in [0.2, 0.25) is 0 Å². The molecule has 3 aromatic rings. The van der Waals surface area contributed by atoms with Gasteiger partial charge in [-0.15, -0.1) is 0 Å². The average Bonchev–Trinajstić information content (AvgIpc) is 2.45. The number of hydrogen-bond acceptors (Lipinski definition) is 1. The highest BCUT2D eigenvalue weighted by atomic mass is 16.3. The topological polar surface area (TPSA) is 20.2 Å². The molecule has 92 valence electrons. The van der Waals surface area contributed by atoms with E-state index < -0.39 is 5.60 Å². The quantitative estimate of drug-likeness (QED) is 0.633. The third-order valence-corrected chi connectivity index (χ3v) is 4.17. The number of rotatable bonds is 0. The molecule has 0 saturated heterocycles. The van der Waals surface area contributed by atoms with Gasteiger partial charge in [0.2, 0.25) is 0 Å². The monoisotopic (exact) mass is 246 g/mol. The Labute approximate surface area is 112 Å². The van der Waals surface area contributed by atoms with Crippen molar-refractivity contribution in [2.24, 2.45) is 0 Å². The first-order chi connectivity index (χ1) is 9.19. The summed E-state index contributed by atoms with van der Waals surface area (Å²) in [5.41, 5.74) is 3.41. The maximum absolute atomic E-state index is 11.0. The van der Waals surface area contributed by atoms with Crippen molar-refractivity contribution in [3.05, 3.63) is 71.8 Å². The molecule has 0 aliphatic heterocycles. The second-order valence-corrected chi connectivity index (χ2v) is 5.33. The summed E-state index contributed by atoms with van der Waals surface area (Å²) in [5, 5.41) is 13.3. The molecule has 0 spiro atoms. The Morgan fingerprint density at radius 1 is 0.737 bits per heavy atom. The largest absolute Gasteiger partial charge is 0.381 e. The van der Waals surface area contributed by atoms with E-state index in [0.717, 1.165) is 16.7 Å². The van der Waals surface area contributed by atoms with Gasteiger partial charge in [0, 0.05) is 0 Å². The molecule has 1 aliphatic carbocycles. The van der Waals surface area contributed by atoms with Crippen LogP contribution in [0.4, 0.5) is 0 Å². The summed E-state index contributed by atoms with van der Waals surface area (Å²) in [6.45, 7) is 1.89. The van der Waals surface area contributed by atoms with Crippen molar-refractivity contribution in [1.82, 2.24) is 0 Å². The van der Waals surface area contributed by atoms with E-state index in [1.54, 1.807) is 0 Å². The predicted octanol–water partition coefficient (Wildman–Crippen LogP) is 4.08. The van der Waals surface area contributed by atoms with Crippen LogP contribution in [-0.4, -0.2) is 5.11 Å². The van der Waals surface area contributed by atoms with Crippen molar-refractivity contribution in [2.75, 3.05) is 0 Å². The van der Waals surface area contributed by atoms with Crippen molar-refractivity contribution in [3.8, 4) is 11.1 Å². The van der Waals surface area contributed by atoms with Gasteiger partial charge in [-0.05, 0) is 39.9 Å². The van der Waals surface area contributed by atoms with Gasteiger partial charge in [-0.3, -0.25) is 0 Å². The lowest BCUT2D eigenvalue weighted by molar-refractivity contribution is 0.104. The van der Waals surface area contributed by atoms with E-state index in [9.17, 15) is 5.11 Å². The lowest BCUT2D eigenvalue weighted by Crippen LogP contribution is -2.26. The van der Waals surface area contributed by atoms with Crippen molar-refractivity contribution in [1.29, 1.82) is 0 Å². The fourth-order valence-corrected chi connectivity index (χ4v) is 3.26. The number of aliphatic hydroxyl groups is 1. The molecule has 19 heavy (non-hydrogen) atoms. The minimum atomic E-state index is -0.926. The minimum absolute atomic E-state index is 0.926. The van der Waals surface area contributed by atoms with Crippen LogP contribution in [0.15, 0.2) is 60.7 Å². The molecule has 0 amide bonds. The predicted molar refractivity (Wildman–Crippen MR) is 78.1 cm³/mol. The van der Waals surface area contributed by atoms with Gasteiger partial charge in [0.15, 0.2) is 0 Å². The van der Waals surface area contributed by atoms with Gasteiger partial charge in [0.1, 0.15) is 5.60 Å². The van der Waals surface area contributed by atoms with E-state index in [1.807, 2.05) is 37.3 Å². The van der Waals surface area contributed by atoms with Gasteiger partial charge in [-0.1, -0.05) is 60.7 Å². The van der Waals surface area contributed by atoms with Crippen molar-refractivity contribution in [3.63, 3.8) is 0 Å². The number of fused-ring (bicyclic) bond motifs is 2. The molecule has 0 fully saturated rings. The smallest absolute Gasteiger partial charge is 0.113 e. The zero-order valence-electron chi connectivity index (χ0n) is 10.7. The maximum Gasteiger partial charge on any atom is 0.113 e. The van der Waals surface area contributed by atoms with Crippen molar-refractivity contribution >= 4 is 10.8 Å². The molecule has 1 heteroatoms. The third kappa shape index (κ3) is 1.28. The normalized spacial score (nSPS) is 20.3. The molecular formula is C18H14O. The molecule has 0 heterocycles. The minimum Gasteiger partial charge on any atom is -0.381 e. The highest BCUT2D eigenvalue weighted by Gasteiger charge is 2.34. The molecule has 3 aromatic carbocycles. The Kier molecular flexibility index (Phi) is 1.96. The van der Waals surface area contributed by atoms with Crippen LogP contribution >= 0.6 is 0 Å². The second kappa shape index (κ2) is 3.46. The highest BCUT2D eigenvalue weighted by molar-refractivity contribution is 6.02. The summed E-state index contributed by atoms with van der Waals surface area (Å²) in [6.07, 6.45) is 0. The van der Waals surface area contributed by atoms with Gasteiger partial charge in [-0.2, -0.15) is 0 Å². The number of hydrogen-bond donors (Lipinski definition) is 1. The summed E-state index contributed by atoms with van der Waals surface area (Å²) < 4.78 is 0. The standard InChI is InChI=1S/C18H14O/c1-18(19)15-10-3-2-8-13(15)14-9-4-6-12-7-5-11-16(18)17(12)14/h2-11,19H,1H3. The Morgan fingerprint density at radius 3 is 2.21 bits per heavy atom. The van der Waals surface area contributed by atoms with Gasteiger partial charge in [-0.25, -0.2) is 0 Å². The number of benzene rings is 3. The first-order valence-corrected chi connectivity index (χ1v) is 6.54. The van der Waals surface area contributed by atoms with Crippen LogP contribution in [0, 0.1) is 0 Å². The molecule has 0 bridgehead atoms. The van der Waals surface area contributed by atoms with Gasteiger partial charge in [0.25, 0.3) is 0 Å². The fraction of sp³-hybridized carbons (Fsp3) is 0.111. The molecule has 1 aliphatic rings. The second-order valence-electron chi connectivity index (χ2n) is 5.33. The lowest BCUT2D eigenvalue weighted by atomic mass is 9.75. The first kappa shape index (κ1) is 10.8. The molecule has 0 aromatic heterocycles. The van der Waals surface area contributed by atoms with Gasteiger partial charge in [0.05, 0.1) is 0 Å². The molecule has 1 N–H and O–H groups in total. The third-order valence-electron chi connectivity index (χ3n) is 4.17. The van der Waals surface area contributed by atoms with E-state index in [2.05, 4.69) is 30.3 Å². The SMILES string of the molecule is CC1(O)c2ccccc2-c2cccc3cccc1c23. The van der Waals surface area contributed by atoms with E-state index in [-0.39, 0.29) is 0 Å². The van der Waals surface area contributed by atoms with Crippen LogP contribution in [-0.2, 0) is 5.60 Å². The van der Waals surface area contributed by atoms with E-state index in [4.69, 9.17) is 0 Å². The van der Waals surface area contributed by atoms with Crippen LogP contribution in [0.5, 0.6) is 0 Å². The zero-order valence-corrected chi connectivity index (χ0v) is 10.7. The van der Waals surface area contributed by atoms with E-state index in [0.29, 0.717) is 0 Å². The van der Waals surface area contributed by atoms with E-state index >= 15 is 0 Å². The Morgan fingerprint density at radius 2 is 1.37 bits per heavy atom. The first-order valence-electron chi connectivity index (χ1n) is 6.54.